The predicted octanol–water partition coefficient (Wildman–Crippen LogP) is -0.247. The van der Waals surface area contributed by atoms with Crippen molar-refractivity contribution in [1.82, 2.24) is 15.1 Å². The zero-order valence-electron chi connectivity index (χ0n) is 13.4. The summed E-state index contributed by atoms with van der Waals surface area (Å²) in [6.45, 7) is 6.37. The van der Waals surface area contributed by atoms with E-state index < -0.39 is 5.60 Å². The number of ether oxygens (including phenoxy) is 1. The summed E-state index contributed by atoms with van der Waals surface area (Å²) < 4.78 is 5.58. The van der Waals surface area contributed by atoms with Crippen LogP contribution in [0.5, 0.6) is 0 Å². The molecule has 0 unspecified atom stereocenters. The molecule has 3 amide bonds. The fraction of sp³-hybridized carbons (Fsp3) is 0.800. The Morgan fingerprint density at radius 2 is 2.14 bits per heavy atom. The van der Waals surface area contributed by atoms with E-state index in [-0.39, 0.29) is 24.3 Å². The zero-order valence-corrected chi connectivity index (χ0v) is 13.4. The summed E-state index contributed by atoms with van der Waals surface area (Å²) in [5.41, 5.74) is -0.993. The Hall–Kier alpha value is -1.63. The number of rotatable bonds is 5. The van der Waals surface area contributed by atoms with Crippen LogP contribution in [0.15, 0.2) is 0 Å². The van der Waals surface area contributed by atoms with Crippen LogP contribution in [0.3, 0.4) is 0 Å². The Kier molecular flexibility index (Phi) is 5.39. The van der Waals surface area contributed by atoms with Crippen LogP contribution in [0.1, 0.15) is 33.1 Å². The Labute approximate surface area is 131 Å². The number of nitrogens with one attached hydrogen (secondary N) is 1. The molecule has 0 bridgehead atoms. The van der Waals surface area contributed by atoms with Crippen molar-refractivity contribution in [3.8, 4) is 0 Å². The van der Waals surface area contributed by atoms with E-state index >= 15 is 0 Å². The standard InChI is InChI=1S/C15H25N3O4/c1-12(19)18-9-10-22-15(2,11-18)14(21)16-6-4-8-17-7-3-5-13(17)20/h3-11H2,1-2H3,(H,16,21)/t15-/m0/s1. The lowest BCUT2D eigenvalue weighted by molar-refractivity contribution is -0.162. The number of hydrogen-bond acceptors (Lipinski definition) is 4. The van der Waals surface area contributed by atoms with Crippen LogP contribution in [0.4, 0.5) is 0 Å². The molecular weight excluding hydrogens is 286 g/mol. The van der Waals surface area contributed by atoms with Gasteiger partial charge in [-0.3, -0.25) is 14.4 Å². The molecule has 0 aliphatic carbocycles. The van der Waals surface area contributed by atoms with E-state index in [0.717, 1.165) is 19.4 Å². The molecule has 2 aliphatic rings. The summed E-state index contributed by atoms with van der Waals surface area (Å²) >= 11 is 0. The van der Waals surface area contributed by atoms with Gasteiger partial charge < -0.3 is 19.9 Å². The van der Waals surface area contributed by atoms with Crippen LogP contribution in [-0.4, -0.2) is 72.5 Å². The minimum Gasteiger partial charge on any atom is -0.362 e. The summed E-state index contributed by atoms with van der Waals surface area (Å²) in [6.07, 6.45) is 2.29. The lowest BCUT2D eigenvalue weighted by atomic mass is 10.0. The maximum absolute atomic E-state index is 12.3. The first kappa shape index (κ1) is 16.7. The number of carbonyl (C=O) groups is 3. The normalized spacial score (nSPS) is 25.5. The highest BCUT2D eigenvalue weighted by Crippen LogP contribution is 2.18. The van der Waals surface area contributed by atoms with Crippen LogP contribution in [0.2, 0.25) is 0 Å². The molecule has 2 rings (SSSR count). The van der Waals surface area contributed by atoms with Crippen LogP contribution in [0.25, 0.3) is 0 Å². The number of amides is 3. The first-order chi connectivity index (χ1) is 10.4. The summed E-state index contributed by atoms with van der Waals surface area (Å²) in [4.78, 5) is 38.7. The van der Waals surface area contributed by atoms with Gasteiger partial charge in [0, 0.05) is 39.5 Å². The van der Waals surface area contributed by atoms with Gasteiger partial charge in [0.15, 0.2) is 5.60 Å². The third kappa shape index (κ3) is 3.97. The quantitative estimate of drug-likeness (QED) is 0.710. The Morgan fingerprint density at radius 3 is 2.77 bits per heavy atom. The Morgan fingerprint density at radius 1 is 1.36 bits per heavy atom. The second kappa shape index (κ2) is 7.09. The SMILES string of the molecule is CC(=O)N1CCO[C@](C)(C(=O)NCCCN2CCCC2=O)C1. The highest BCUT2D eigenvalue weighted by molar-refractivity contribution is 5.86. The maximum atomic E-state index is 12.3. The van der Waals surface area contributed by atoms with E-state index in [1.165, 1.54) is 6.92 Å². The van der Waals surface area contributed by atoms with Gasteiger partial charge in [-0.25, -0.2) is 0 Å². The summed E-state index contributed by atoms with van der Waals surface area (Å²) in [5.74, 6) is -0.0490. The Balaban J connectivity index is 1.74. The lowest BCUT2D eigenvalue weighted by Crippen LogP contribution is -2.59. The van der Waals surface area contributed by atoms with E-state index in [1.54, 1.807) is 11.8 Å². The molecule has 0 aromatic carbocycles. The predicted molar refractivity (Wildman–Crippen MR) is 80.1 cm³/mol. The van der Waals surface area contributed by atoms with Gasteiger partial charge in [0.1, 0.15) is 0 Å². The highest BCUT2D eigenvalue weighted by atomic mass is 16.5. The third-order valence-corrected chi connectivity index (χ3v) is 4.26. The molecule has 124 valence electrons. The minimum absolute atomic E-state index is 0.0464. The monoisotopic (exact) mass is 311 g/mol. The number of likely N-dealkylation sites (tertiary alicyclic amines) is 1. The van der Waals surface area contributed by atoms with Crippen molar-refractivity contribution in [2.45, 2.75) is 38.7 Å². The number of nitrogens with zero attached hydrogens (tertiary/aromatic N) is 2. The van der Waals surface area contributed by atoms with Crippen LogP contribution in [-0.2, 0) is 19.1 Å². The average Bonchev–Trinajstić information content (AvgIpc) is 2.88. The zero-order chi connectivity index (χ0) is 16.2. The fourth-order valence-electron chi connectivity index (χ4n) is 2.88. The van der Waals surface area contributed by atoms with Crippen LogP contribution < -0.4 is 5.32 Å². The van der Waals surface area contributed by atoms with Gasteiger partial charge in [0.25, 0.3) is 5.91 Å². The molecule has 0 spiro atoms. The smallest absolute Gasteiger partial charge is 0.253 e. The fourth-order valence-corrected chi connectivity index (χ4v) is 2.88. The summed E-state index contributed by atoms with van der Waals surface area (Å²) in [5, 5.41) is 2.85. The first-order valence-corrected chi connectivity index (χ1v) is 7.88. The molecule has 7 nitrogen and oxygen atoms in total. The van der Waals surface area contributed by atoms with Crippen LogP contribution >= 0.6 is 0 Å². The van der Waals surface area contributed by atoms with Crippen molar-refractivity contribution < 1.29 is 19.1 Å². The molecule has 2 fully saturated rings. The molecule has 0 aromatic heterocycles. The van der Waals surface area contributed by atoms with Crippen molar-refractivity contribution in [1.29, 1.82) is 0 Å². The van der Waals surface area contributed by atoms with Crippen molar-refractivity contribution in [2.24, 2.45) is 0 Å². The number of morpholine rings is 1. The topological polar surface area (TPSA) is 79.0 Å². The second-order valence-electron chi connectivity index (χ2n) is 6.11. The van der Waals surface area contributed by atoms with E-state index in [2.05, 4.69) is 5.32 Å². The van der Waals surface area contributed by atoms with E-state index in [1.807, 2.05) is 4.90 Å². The molecule has 22 heavy (non-hydrogen) atoms. The van der Waals surface area contributed by atoms with Gasteiger partial charge >= 0.3 is 0 Å². The third-order valence-electron chi connectivity index (χ3n) is 4.26. The molecule has 0 radical (unpaired) electrons. The van der Waals surface area contributed by atoms with Crippen molar-refractivity contribution in [3.05, 3.63) is 0 Å². The van der Waals surface area contributed by atoms with Gasteiger partial charge in [-0.15, -0.1) is 0 Å². The van der Waals surface area contributed by atoms with Crippen LogP contribution in [0, 0.1) is 0 Å². The van der Waals surface area contributed by atoms with Crippen molar-refractivity contribution in [3.63, 3.8) is 0 Å². The second-order valence-corrected chi connectivity index (χ2v) is 6.11. The summed E-state index contributed by atoms with van der Waals surface area (Å²) in [6, 6.07) is 0. The largest absolute Gasteiger partial charge is 0.362 e. The van der Waals surface area contributed by atoms with E-state index in [4.69, 9.17) is 4.74 Å². The molecule has 1 N–H and O–H groups in total. The number of hydrogen-bond donors (Lipinski definition) is 1. The van der Waals surface area contributed by atoms with Gasteiger partial charge in [-0.1, -0.05) is 0 Å². The van der Waals surface area contributed by atoms with Gasteiger partial charge in [-0.05, 0) is 19.8 Å². The molecule has 0 aromatic rings. The maximum Gasteiger partial charge on any atom is 0.253 e. The highest BCUT2D eigenvalue weighted by Gasteiger charge is 2.39. The molecule has 2 saturated heterocycles. The molecular formula is C15H25N3O4. The molecule has 2 heterocycles. The van der Waals surface area contributed by atoms with Gasteiger partial charge in [0.05, 0.1) is 13.2 Å². The molecule has 0 saturated carbocycles. The van der Waals surface area contributed by atoms with Gasteiger partial charge in [-0.2, -0.15) is 0 Å². The first-order valence-electron chi connectivity index (χ1n) is 7.88. The summed E-state index contributed by atoms with van der Waals surface area (Å²) in [7, 11) is 0. The van der Waals surface area contributed by atoms with E-state index in [9.17, 15) is 14.4 Å². The molecule has 2 aliphatic heterocycles. The Bertz CT molecular complexity index is 454. The lowest BCUT2D eigenvalue weighted by Gasteiger charge is -2.38. The minimum atomic E-state index is -0.993. The molecule has 1 atom stereocenters. The van der Waals surface area contributed by atoms with Crippen molar-refractivity contribution in [2.75, 3.05) is 39.3 Å². The van der Waals surface area contributed by atoms with E-state index in [0.29, 0.717) is 32.7 Å². The number of carbonyl (C=O) groups excluding carboxylic acids is 3. The van der Waals surface area contributed by atoms with Gasteiger partial charge in [0.2, 0.25) is 11.8 Å². The van der Waals surface area contributed by atoms with Crippen molar-refractivity contribution >= 4 is 17.7 Å². The average molecular weight is 311 g/mol. The molecule has 7 heteroatoms.